The molecule has 0 amide bonds. The molecule has 0 atom stereocenters. The van der Waals surface area contributed by atoms with E-state index in [1.165, 1.54) is 11.1 Å². The molecule has 2 heterocycles. The van der Waals surface area contributed by atoms with Crippen LogP contribution in [0.3, 0.4) is 0 Å². The van der Waals surface area contributed by atoms with Crippen LogP contribution in [-0.4, -0.2) is 16.5 Å². The van der Waals surface area contributed by atoms with E-state index < -0.39 is 0 Å². The molecule has 82 valence electrons. The van der Waals surface area contributed by atoms with Crippen molar-refractivity contribution in [2.75, 3.05) is 11.9 Å². The maximum Gasteiger partial charge on any atom is 0.0400 e. The number of aryl methyl sites for hydroxylation is 1. The molecular formula is C13H15N3. The molecule has 0 radical (unpaired) electrons. The van der Waals surface area contributed by atoms with E-state index in [9.17, 15) is 0 Å². The first-order chi connectivity index (χ1) is 7.86. The van der Waals surface area contributed by atoms with Crippen molar-refractivity contribution in [3.63, 3.8) is 0 Å². The normalized spacial score (nSPS) is 10.1. The third-order valence-electron chi connectivity index (χ3n) is 2.50. The van der Waals surface area contributed by atoms with Crippen LogP contribution in [0.15, 0.2) is 43.0 Å². The Morgan fingerprint density at radius 1 is 1.06 bits per heavy atom. The molecule has 2 aromatic rings. The zero-order chi connectivity index (χ0) is 11.2. The number of nitrogens with one attached hydrogen (secondary N) is 1. The molecule has 0 fully saturated rings. The van der Waals surface area contributed by atoms with Gasteiger partial charge in [-0.05, 0) is 42.7 Å². The second kappa shape index (κ2) is 5.26. The van der Waals surface area contributed by atoms with Crippen LogP contribution in [0.1, 0.15) is 11.1 Å². The van der Waals surface area contributed by atoms with Gasteiger partial charge in [0.15, 0.2) is 0 Å². The van der Waals surface area contributed by atoms with Gasteiger partial charge in [-0.3, -0.25) is 9.97 Å². The van der Waals surface area contributed by atoms with E-state index in [2.05, 4.69) is 22.2 Å². The lowest BCUT2D eigenvalue weighted by atomic mass is 10.2. The van der Waals surface area contributed by atoms with Gasteiger partial charge in [0, 0.05) is 37.0 Å². The Labute approximate surface area is 95.6 Å². The predicted octanol–water partition coefficient (Wildman–Crippen LogP) is 2.44. The van der Waals surface area contributed by atoms with E-state index in [4.69, 9.17) is 0 Å². The quantitative estimate of drug-likeness (QED) is 0.847. The number of aromatic nitrogens is 2. The Bertz CT molecular complexity index is 440. The zero-order valence-corrected chi connectivity index (χ0v) is 9.35. The van der Waals surface area contributed by atoms with Gasteiger partial charge in [0.2, 0.25) is 0 Å². The molecule has 0 aliphatic heterocycles. The lowest BCUT2D eigenvalue weighted by molar-refractivity contribution is 1.01. The van der Waals surface area contributed by atoms with Crippen molar-refractivity contribution in [1.82, 2.24) is 9.97 Å². The summed E-state index contributed by atoms with van der Waals surface area (Å²) in [4.78, 5) is 8.06. The topological polar surface area (TPSA) is 37.8 Å². The Morgan fingerprint density at radius 2 is 1.81 bits per heavy atom. The average molecular weight is 213 g/mol. The molecule has 2 aromatic heterocycles. The van der Waals surface area contributed by atoms with Crippen LogP contribution in [-0.2, 0) is 6.42 Å². The van der Waals surface area contributed by atoms with Gasteiger partial charge in [-0.1, -0.05) is 0 Å². The number of nitrogens with zero attached hydrogens (tertiary/aromatic N) is 2. The van der Waals surface area contributed by atoms with Crippen molar-refractivity contribution in [3.05, 3.63) is 54.1 Å². The van der Waals surface area contributed by atoms with E-state index in [0.29, 0.717) is 0 Å². The highest BCUT2D eigenvalue weighted by Crippen LogP contribution is 2.11. The van der Waals surface area contributed by atoms with Gasteiger partial charge >= 0.3 is 0 Å². The molecule has 3 nitrogen and oxygen atoms in total. The minimum Gasteiger partial charge on any atom is -0.384 e. The van der Waals surface area contributed by atoms with Gasteiger partial charge in [-0.2, -0.15) is 0 Å². The maximum atomic E-state index is 4.06. The number of anilines is 1. The summed E-state index contributed by atoms with van der Waals surface area (Å²) in [5.41, 5.74) is 3.63. The SMILES string of the molecule is Cc1cnccc1NCCc1ccncc1. The van der Waals surface area contributed by atoms with Crippen LogP contribution in [0.5, 0.6) is 0 Å². The summed E-state index contributed by atoms with van der Waals surface area (Å²) in [6.45, 7) is 2.98. The Hall–Kier alpha value is -1.90. The summed E-state index contributed by atoms with van der Waals surface area (Å²) in [5.74, 6) is 0. The number of rotatable bonds is 4. The summed E-state index contributed by atoms with van der Waals surface area (Å²) in [5, 5.41) is 3.40. The summed E-state index contributed by atoms with van der Waals surface area (Å²) >= 11 is 0. The molecule has 0 aliphatic rings. The third-order valence-corrected chi connectivity index (χ3v) is 2.50. The lowest BCUT2D eigenvalue weighted by Crippen LogP contribution is -2.06. The molecule has 0 saturated carbocycles. The highest BCUT2D eigenvalue weighted by Gasteiger charge is 1.96. The fraction of sp³-hybridized carbons (Fsp3) is 0.231. The number of pyridine rings is 2. The first kappa shape index (κ1) is 10.6. The molecule has 2 rings (SSSR count). The molecule has 1 N–H and O–H groups in total. The molecular weight excluding hydrogens is 198 g/mol. The van der Waals surface area contributed by atoms with Crippen LogP contribution in [0.25, 0.3) is 0 Å². The van der Waals surface area contributed by atoms with Crippen molar-refractivity contribution in [2.45, 2.75) is 13.3 Å². The monoisotopic (exact) mass is 213 g/mol. The predicted molar refractivity (Wildman–Crippen MR) is 65.4 cm³/mol. The van der Waals surface area contributed by atoms with Crippen LogP contribution < -0.4 is 5.32 Å². The molecule has 0 aromatic carbocycles. The van der Waals surface area contributed by atoms with E-state index in [-0.39, 0.29) is 0 Å². The summed E-state index contributed by atoms with van der Waals surface area (Å²) in [7, 11) is 0. The van der Waals surface area contributed by atoms with Crippen molar-refractivity contribution in [2.24, 2.45) is 0 Å². The van der Waals surface area contributed by atoms with E-state index in [1.54, 1.807) is 0 Å². The third kappa shape index (κ3) is 2.79. The Balaban J connectivity index is 1.87. The van der Waals surface area contributed by atoms with Crippen molar-refractivity contribution >= 4 is 5.69 Å². The minimum atomic E-state index is 0.925. The Kier molecular flexibility index (Phi) is 3.49. The van der Waals surface area contributed by atoms with Gasteiger partial charge in [0.05, 0.1) is 0 Å². The van der Waals surface area contributed by atoms with Crippen molar-refractivity contribution in [3.8, 4) is 0 Å². The van der Waals surface area contributed by atoms with Crippen LogP contribution in [0.4, 0.5) is 5.69 Å². The van der Waals surface area contributed by atoms with E-state index in [1.807, 2.05) is 43.0 Å². The fourth-order valence-corrected chi connectivity index (χ4v) is 1.56. The van der Waals surface area contributed by atoms with Crippen LogP contribution >= 0.6 is 0 Å². The molecule has 0 aliphatic carbocycles. The highest BCUT2D eigenvalue weighted by atomic mass is 14.9. The van der Waals surface area contributed by atoms with Crippen molar-refractivity contribution < 1.29 is 0 Å². The van der Waals surface area contributed by atoms with Gasteiger partial charge in [0.1, 0.15) is 0 Å². The molecule has 0 unspecified atom stereocenters. The molecule has 0 spiro atoms. The minimum absolute atomic E-state index is 0.925. The first-order valence-corrected chi connectivity index (χ1v) is 5.39. The summed E-state index contributed by atoms with van der Waals surface area (Å²) in [6, 6.07) is 6.09. The van der Waals surface area contributed by atoms with Gasteiger partial charge in [-0.15, -0.1) is 0 Å². The fourth-order valence-electron chi connectivity index (χ4n) is 1.56. The lowest BCUT2D eigenvalue weighted by Gasteiger charge is -2.08. The molecule has 3 heteroatoms. The smallest absolute Gasteiger partial charge is 0.0400 e. The summed E-state index contributed by atoms with van der Waals surface area (Å²) < 4.78 is 0. The van der Waals surface area contributed by atoms with Gasteiger partial charge in [-0.25, -0.2) is 0 Å². The zero-order valence-electron chi connectivity index (χ0n) is 9.35. The van der Waals surface area contributed by atoms with E-state index in [0.717, 1.165) is 18.7 Å². The number of hydrogen-bond acceptors (Lipinski definition) is 3. The standard InChI is InChI=1S/C13H15N3/c1-11-10-15-8-5-13(11)16-9-4-12-2-6-14-7-3-12/h2-3,5-8,10H,4,9H2,1H3,(H,15,16). The summed E-state index contributed by atoms with van der Waals surface area (Å²) in [6.07, 6.45) is 8.33. The Morgan fingerprint density at radius 3 is 2.56 bits per heavy atom. The first-order valence-electron chi connectivity index (χ1n) is 5.39. The van der Waals surface area contributed by atoms with Crippen LogP contribution in [0, 0.1) is 6.92 Å². The highest BCUT2D eigenvalue weighted by molar-refractivity contribution is 5.48. The molecule has 0 saturated heterocycles. The van der Waals surface area contributed by atoms with Crippen LogP contribution in [0.2, 0.25) is 0 Å². The molecule has 16 heavy (non-hydrogen) atoms. The largest absolute Gasteiger partial charge is 0.384 e. The second-order valence-electron chi connectivity index (χ2n) is 3.72. The average Bonchev–Trinajstić information content (AvgIpc) is 2.33. The van der Waals surface area contributed by atoms with Gasteiger partial charge < -0.3 is 5.32 Å². The molecule has 0 bridgehead atoms. The number of hydrogen-bond donors (Lipinski definition) is 1. The van der Waals surface area contributed by atoms with E-state index >= 15 is 0 Å². The van der Waals surface area contributed by atoms with Crippen molar-refractivity contribution in [1.29, 1.82) is 0 Å². The second-order valence-corrected chi connectivity index (χ2v) is 3.72. The van der Waals surface area contributed by atoms with Gasteiger partial charge in [0.25, 0.3) is 0 Å². The maximum absolute atomic E-state index is 4.06.